The normalized spacial score (nSPS) is 12.4. The summed E-state index contributed by atoms with van der Waals surface area (Å²) < 4.78 is 15.2. The Morgan fingerprint density at radius 2 is 1.78 bits per heavy atom. The van der Waals surface area contributed by atoms with Crippen LogP contribution in [0.3, 0.4) is 0 Å². The van der Waals surface area contributed by atoms with Crippen LogP contribution in [0.4, 0.5) is 5.69 Å². The number of hydrogen-bond acceptors (Lipinski definition) is 7. The van der Waals surface area contributed by atoms with Crippen molar-refractivity contribution in [3.05, 3.63) is 53.6 Å². The molecule has 3 rings (SSSR count). The van der Waals surface area contributed by atoms with E-state index in [-0.39, 0.29) is 19.3 Å². The van der Waals surface area contributed by atoms with Gasteiger partial charge in [0, 0.05) is 11.3 Å². The summed E-state index contributed by atoms with van der Waals surface area (Å²) in [5.74, 6) is 0.521. The van der Waals surface area contributed by atoms with Crippen molar-refractivity contribution in [3.8, 4) is 11.5 Å². The molecule has 0 saturated carbocycles. The molecule has 2 aromatic carbocycles. The Labute approximate surface area is 155 Å². The van der Waals surface area contributed by atoms with Crippen LogP contribution in [0.15, 0.2) is 47.6 Å². The molecule has 0 atom stereocenters. The van der Waals surface area contributed by atoms with Crippen LogP contribution >= 0.6 is 0 Å². The molecule has 0 fully saturated rings. The molecule has 27 heavy (non-hydrogen) atoms. The number of fused-ring (bicyclic) bond motifs is 1. The van der Waals surface area contributed by atoms with E-state index in [9.17, 15) is 9.59 Å². The highest BCUT2D eigenvalue weighted by Gasteiger charge is 2.14. The average Bonchev–Trinajstić information content (AvgIpc) is 3.15. The molecule has 1 N–H and O–H groups in total. The first kappa shape index (κ1) is 18.2. The van der Waals surface area contributed by atoms with Gasteiger partial charge in [-0.2, -0.15) is 0 Å². The number of benzene rings is 2. The highest BCUT2D eigenvalue weighted by Crippen LogP contribution is 2.32. The summed E-state index contributed by atoms with van der Waals surface area (Å²) in [4.78, 5) is 28.4. The molecule has 0 aliphatic carbocycles. The molecule has 0 unspecified atom stereocenters. The molecular weight excluding hydrogens is 352 g/mol. The maximum atomic E-state index is 11.9. The lowest BCUT2D eigenvalue weighted by Crippen LogP contribution is -2.17. The zero-order valence-electron chi connectivity index (χ0n) is 14.9. The highest BCUT2D eigenvalue weighted by atomic mass is 16.7. The van der Waals surface area contributed by atoms with E-state index >= 15 is 0 Å². The molecule has 1 heterocycles. The van der Waals surface area contributed by atoms with E-state index in [0.717, 1.165) is 5.56 Å². The van der Waals surface area contributed by atoms with Gasteiger partial charge in [0.1, 0.15) is 0 Å². The van der Waals surface area contributed by atoms with E-state index in [1.165, 1.54) is 7.11 Å². The molecule has 1 amide bonds. The molecule has 8 heteroatoms. The highest BCUT2D eigenvalue weighted by molar-refractivity contribution is 5.99. The van der Waals surface area contributed by atoms with Crippen molar-refractivity contribution < 1.29 is 28.6 Å². The molecule has 1 aliphatic heterocycles. The molecule has 0 aromatic heterocycles. The van der Waals surface area contributed by atoms with Crippen molar-refractivity contribution in [1.29, 1.82) is 0 Å². The molecule has 0 bridgehead atoms. The maximum Gasteiger partial charge on any atom is 0.337 e. The van der Waals surface area contributed by atoms with Crippen molar-refractivity contribution in [3.63, 3.8) is 0 Å². The van der Waals surface area contributed by atoms with Crippen molar-refractivity contribution >= 4 is 23.3 Å². The molecule has 0 radical (unpaired) electrons. The summed E-state index contributed by atoms with van der Waals surface area (Å²) >= 11 is 0. The van der Waals surface area contributed by atoms with Gasteiger partial charge in [-0.15, -0.1) is 0 Å². The average molecular weight is 370 g/mol. The second kappa shape index (κ2) is 8.22. The van der Waals surface area contributed by atoms with Crippen LogP contribution in [-0.4, -0.2) is 38.1 Å². The van der Waals surface area contributed by atoms with Gasteiger partial charge in [0.25, 0.3) is 5.91 Å². The Balaban J connectivity index is 1.51. The SMILES string of the molecule is COC(=O)c1ccc(NC(=O)CO/N=C(/C)c2ccc3c(c2)OCO3)cc1. The van der Waals surface area contributed by atoms with Gasteiger partial charge in [-0.05, 0) is 49.4 Å². The van der Waals surface area contributed by atoms with Gasteiger partial charge < -0.3 is 24.4 Å². The number of oxime groups is 1. The lowest BCUT2D eigenvalue weighted by molar-refractivity contribution is -0.120. The van der Waals surface area contributed by atoms with Gasteiger partial charge in [0.15, 0.2) is 18.1 Å². The number of rotatable bonds is 6. The third-order valence-corrected chi connectivity index (χ3v) is 3.78. The van der Waals surface area contributed by atoms with Crippen LogP contribution in [0, 0.1) is 0 Å². The molecule has 0 saturated heterocycles. The van der Waals surface area contributed by atoms with E-state index in [1.807, 2.05) is 6.07 Å². The predicted molar refractivity (Wildman–Crippen MR) is 97.1 cm³/mol. The molecule has 0 spiro atoms. The molecule has 140 valence electrons. The fraction of sp³-hybridized carbons (Fsp3) is 0.211. The second-order valence-corrected chi connectivity index (χ2v) is 5.64. The third kappa shape index (κ3) is 4.55. The Hall–Kier alpha value is -3.55. The lowest BCUT2D eigenvalue weighted by atomic mass is 10.1. The summed E-state index contributed by atoms with van der Waals surface area (Å²) in [6.07, 6.45) is 0. The Morgan fingerprint density at radius 1 is 1.07 bits per heavy atom. The van der Waals surface area contributed by atoms with Gasteiger partial charge in [-0.1, -0.05) is 5.16 Å². The maximum absolute atomic E-state index is 11.9. The summed E-state index contributed by atoms with van der Waals surface area (Å²) in [5.41, 5.74) is 2.34. The fourth-order valence-electron chi connectivity index (χ4n) is 2.37. The number of hydrogen-bond donors (Lipinski definition) is 1. The smallest absolute Gasteiger partial charge is 0.337 e. The number of carbonyl (C=O) groups excluding carboxylic acids is 2. The minimum absolute atomic E-state index is 0.201. The number of nitrogens with one attached hydrogen (secondary N) is 1. The van der Waals surface area contributed by atoms with Crippen molar-refractivity contribution in [2.24, 2.45) is 5.16 Å². The quantitative estimate of drug-likeness (QED) is 0.477. The summed E-state index contributed by atoms with van der Waals surface area (Å²) in [6.45, 7) is 1.72. The van der Waals surface area contributed by atoms with Crippen LogP contribution in [0.25, 0.3) is 0 Å². The zero-order chi connectivity index (χ0) is 19.2. The minimum atomic E-state index is -0.440. The van der Waals surface area contributed by atoms with E-state index < -0.39 is 5.97 Å². The molecule has 2 aromatic rings. The number of nitrogens with zero attached hydrogens (tertiary/aromatic N) is 1. The summed E-state index contributed by atoms with van der Waals surface area (Å²) in [6, 6.07) is 11.7. The summed E-state index contributed by atoms with van der Waals surface area (Å²) in [7, 11) is 1.31. The molecule has 8 nitrogen and oxygen atoms in total. The van der Waals surface area contributed by atoms with Gasteiger partial charge in [-0.3, -0.25) is 4.79 Å². The second-order valence-electron chi connectivity index (χ2n) is 5.64. The largest absolute Gasteiger partial charge is 0.465 e. The fourth-order valence-corrected chi connectivity index (χ4v) is 2.37. The lowest BCUT2D eigenvalue weighted by Gasteiger charge is -2.06. The van der Waals surface area contributed by atoms with Crippen LogP contribution in [-0.2, 0) is 14.4 Å². The minimum Gasteiger partial charge on any atom is -0.465 e. The topological polar surface area (TPSA) is 95.5 Å². The third-order valence-electron chi connectivity index (χ3n) is 3.78. The number of esters is 1. The Morgan fingerprint density at radius 3 is 2.52 bits per heavy atom. The monoisotopic (exact) mass is 370 g/mol. The first-order valence-electron chi connectivity index (χ1n) is 8.11. The van der Waals surface area contributed by atoms with Gasteiger partial charge >= 0.3 is 5.97 Å². The number of carbonyl (C=O) groups is 2. The number of methoxy groups -OCH3 is 1. The van der Waals surface area contributed by atoms with Crippen LogP contribution in [0.1, 0.15) is 22.8 Å². The van der Waals surface area contributed by atoms with E-state index in [2.05, 4.69) is 15.2 Å². The summed E-state index contributed by atoms with van der Waals surface area (Å²) in [5, 5.41) is 6.60. The van der Waals surface area contributed by atoms with Gasteiger partial charge in [0.2, 0.25) is 6.79 Å². The van der Waals surface area contributed by atoms with Gasteiger partial charge in [-0.25, -0.2) is 4.79 Å². The van der Waals surface area contributed by atoms with Gasteiger partial charge in [0.05, 0.1) is 18.4 Å². The van der Waals surface area contributed by atoms with Crippen LogP contribution in [0.5, 0.6) is 11.5 Å². The van der Waals surface area contributed by atoms with Crippen molar-refractivity contribution in [1.82, 2.24) is 0 Å². The zero-order valence-corrected chi connectivity index (χ0v) is 14.9. The van der Waals surface area contributed by atoms with Crippen LogP contribution < -0.4 is 14.8 Å². The standard InChI is InChI=1S/C19H18N2O6/c1-12(14-5-8-16-17(9-14)26-11-25-16)21-27-10-18(22)20-15-6-3-13(4-7-15)19(23)24-2/h3-9H,10-11H2,1-2H3,(H,20,22)/b21-12-. The molecular formula is C19H18N2O6. The number of ether oxygens (including phenoxy) is 3. The van der Waals surface area contributed by atoms with E-state index in [0.29, 0.717) is 28.5 Å². The van der Waals surface area contributed by atoms with Crippen LogP contribution in [0.2, 0.25) is 0 Å². The van der Waals surface area contributed by atoms with Crippen molar-refractivity contribution in [2.45, 2.75) is 6.92 Å². The van der Waals surface area contributed by atoms with Crippen molar-refractivity contribution in [2.75, 3.05) is 25.8 Å². The van der Waals surface area contributed by atoms with E-state index in [1.54, 1.807) is 43.3 Å². The Bertz CT molecular complexity index is 876. The number of amides is 1. The molecule has 1 aliphatic rings. The predicted octanol–water partition coefficient (Wildman–Crippen LogP) is 2.58. The Kier molecular flexibility index (Phi) is 5.55. The number of anilines is 1. The van der Waals surface area contributed by atoms with E-state index in [4.69, 9.17) is 14.3 Å². The first-order chi connectivity index (χ1) is 13.1. The first-order valence-corrected chi connectivity index (χ1v) is 8.11.